The number of benzene rings is 3. The molecule has 1 heterocycles. The first kappa shape index (κ1) is 16.8. The number of non-ortho nitro benzene ring substituents is 1. The lowest BCUT2D eigenvalue weighted by Crippen LogP contribution is -1.93. The van der Waals surface area contributed by atoms with Crippen LogP contribution in [0, 0.1) is 10.1 Å². The summed E-state index contributed by atoms with van der Waals surface area (Å²) in [7, 11) is 0. The minimum absolute atomic E-state index is 0.0577. The number of nitrogens with zero attached hydrogens (tertiary/aromatic N) is 3. The number of rotatable bonds is 5. The second-order valence-electron chi connectivity index (χ2n) is 6.21. The van der Waals surface area contributed by atoms with Crippen LogP contribution in [0.2, 0.25) is 0 Å². The Labute approximate surface area is 155 Å². The van der Waals surface area contributed by atoms with E-state index in [1.807, 2.05) is 6.07 Å². The van der Waals surface area contributed by atoms with Crippen molar-refractivity contribution in [1.29, 1.82) is 0 Å². The number of nitro benzene ring substituents is 1. The molecule has 4 aromatic rings. The molecule has 0 saturated carbocycles. The fraction of sp³-hybridized carbons (Fsp3) is 0.0952. The fourth-order valence-corrected chi connectivity index (χ4v) is 3.33. The minimum atomic E-state index is -0.422. The SMILES string of the molecule is CCn1c2ccccc2c2cc(/C=N\Nc3ccc([N+](=O)[O-])cc3)ccc21. The largest absolute Gasteiger partial charge is 0.341 e. The van der Waals surface area contributed by atoms with E-state index in [1.54, 1.807) is 18.3 Å². The van der Waals surface area contributed by atoms with E-state index in [4.69, 9.17) is 0 Å². The molecular formula is C21H18N4O2. The van der Waals surface area contributed by atoms with Crippen LogP contribution >= 0.6 is 0 Å². The van der Waals surface area contributed by atoms with Crippen molar-refractivity contribution in [2.24, 2.45) is 5.10 Å². The number of anilines is 1. The van der Waals surface area contributed by atoms with Crippen LogP contribution in [-0.4, -0.2) is 15.7 Å². The Morgan fingerprint density at radius 3 is 2.52 bits per heavy atom. The Morgan fingerprint density at radius 2 is 1.78 bits per heavy atom. The molecule has 134 valence electrons. The van der Waals surface area contributed by atoms with Crippen molar-refractivity contribution in [3.63, 3.8) is 0 Å². The molecule has 3 aromatic carbocycles. The second kappa shape index (κ2) is 6.92. The van der Waals surface area contributed by atoms with Gasteiger partial charge in [-0.1, -0.05) is 24.3 Å². The van der Waals surface area contributed by atoms with Gasteiger partial charge in [0, 0.05) is 40.5 Å². The first-order valence-corrected chi connectivity index (χ1v) is 8.72. The van der Waals surface area contributed by atoms with Gasteiger partial charge in [-0.25, -0.2) is 0 Å². The van der Waals surface area contributed by atoms with Gasteiger partial charge >= 0.3 is 0 Å². The molecule has 0 aliphatic rings. The van der Waals surface area contributed by atoms with Gasteiger partial charge < -0.3 is 4.57 Å². The number of hydrogen-bond acceptors (Lipinski definition) is 4. The van der Waals surface area contributed by atoms with Gasteiger partial charge in [-0.3, -0.25) is 15.5 Å². The number of nitro groups is 1. The lowest BCUT2D eigenvalue weighted by molar-refractivity contribution is -0.384. The Bertz CT molecular complexity index is 1160. The zero-order chi connectivity index (χ0) is 18.8. The van der Waals surface area contributed by atoms with Crippen LogP contribution in [0.25, 0.3) is 21.8 Å². The van der Waals surface area contributed by atoms with E-state index in [-0.39, 0.29) is 5.69 Å². The Balaban J connectivity index is 1.61. The minimum Gasteiger partial charge on any atom is -0.341 e. The molecule has 0 aliphatic heterocycles. The first-order valence-electron chi connectivity index (χ1n) is 8.72. The summed E-state index contributed by atoms with van der Waals surface area (Å²) >= 11 is 0. The molecule has 0 amide bonds. The second-order valence-corrected chi connectivity index (χ2v) is 6.21. The Kier molecular flexibility index (Phi) is 4.30. The van der Waals surface area contributed by atoms with Crippen LogP contribution < -0.4 is 5.43 Å². The summed E-state index contributed by atoms with van der Waals surface area (Å²) in [4.78, 5) is 10.3. The fourth-order valence-electron chi connectivity index (χ4n) is 3.33. The van der Waals surface area contributed by atoms with E-state index >= 15 is 0 Å². The van der Waals surface area contributed by atoms with Crippen LogP contribution in [0.5, 0.6) is 0 Å². The van der Waals surface area contributed by atoms with Crippen LogP contribution in [0.4, 0.5) is 11.4 Å². The van der Waals surface area contributed by atoms with Crippen molar-refractivity contribution in [1.82, 2.24) is 4.57 Å². The van der Waals surface area contributed by atoms with Crippen LogP contribution in [0.3, 0.4) is 0 Å². The summed E-state index contributed by atoms with van der Waals surface area (Å²) in [5, 5.41) is 17.4. The molecular weight excluding hydrogens is 340 g/mol. The predicted octanol–water partition coefficient (Wildman–Crippen LogP) is 5.17. The summed E-state index contributed by atoms with van der Waals surface area (Å²) in [5.74, 6) is 0. The topological polar surface area (TPSA) is 72.5 Å². The van der Waals surface area contributed by atoms with Gasteiger partial charge in [-0.05, 0) is 42.8 Å². The number of aryl methyl sites for hydroxylation is 1. The van der Waals surface area contributed by atoms with E-state index in [9.17, 15) is 10.1 Å². The molecule has 4 rings (SSSR count). The molecule has 1 aromatic heterocycles. The maximum absolute atomic E-state index is 10.7. The van der Waals surface area contributed by atoms with Gasteiger partial charge in [-0.15, -0.1) is 0 Å². The third kappa shape index (κ3) is 3.13. The van der Waals surface area contributed by atoms with Gasteiger partial charge in [0.2, 0.25) is 0 Å². The standard InChI is InChI=1S/C21H18N4O2/c1-2-24-20-6-4-3-5-18(20)19-13-15(7-12-21(19)24)14-22-23-16-8-10-17(11-9-16)25(26)27/h3-14,23H,2H2,1H3/b22-14-. The molecule has 6 heteroatoms. The third-order valence-electron chi connectivity index (χ3n) is 4.60. The Morgan fingerprint density at radius 1 is 1.04 bits per heavy atom. The maximum atomic E-state index is 10.7. The molecule has 0 fully saturated rings. The van der Waals surface area contributed by atoms with Crippen molar-refractivity contribution in [3.8, 4) is 0 Å². The molecule has 0 radical (unpaired) electrons. The summed E-state index contributed by atoms with van der Waals surface area (Å²) in [6.07, 6.45) is 1.75. The monoisotopic (exact) mass is 358 g/mol. The highest BCUT2D eigenvalue weighted by atomic mass is 16.6. The predicted molar refractivity (Wildman–Crippen MR) is 109 cm³/mol. The van der Waals surface area contributed by atoms with Gasteiger partial charge in [0.25, 0.3) is 5.69 Å². The number of fused-ring (bicyclic) bond motifs is 3. The van der Waals surface area contributed by atoms with E-state index in [2.05, 4.69) is 58.4 Å². The summed E-state index contributed by atoms with van der Waals surface area (Å²) < 4.78 is 2.31. The number of hydrazone groups is 1. The zero-order valence-corrected chi connectivity index (χ0v) is 14.8. The highest BCUT2D eigenvalue weighted by Crippen LogP contribution is 2.29. The van der Waals surface area contributed by atoms with E-state index in [1.165, 1.54) is 33.9 Å². The smallest absolute Gasteiger partial charge is 0.269 e. The summed E-state index contributed by atoms with van der Waals surface area (Å²) in [6, 6.07) is 20.8. The van der Waals surface area contributed by atoms with Crippen molar-refractivity contribution in [2.75, 3.05) is 5.43 Å². The molecule has 6 nitrogen and oxygen atoms in total. The Hall–Kier alpha value is -3.67. The van der Waals surface area contributed by atoms with Crippen molar-refractivity contribution >= 4 is 39.4 Å². The average Bonchev–Trinajstić information content (AvgIpc) is 3.01. The van der Waals surface area contributed by atoms with E-state index in [0.29, 0.717) is 5.69 Å². The lowest BCUT2D eigenvalue weighted by Gasteiger charge is -2.03. The molecule has 0 aliphatic carbocycles. The molecule has 0 saturated heterocycles. The summed E-state index contributed by atoms with van der Waals surface area (Å²) in [5.41, 5.74) is 7.07. The number of nitrogens with one attached hydrogen (secondary N) is 1. The molecule has 1 N–H and O–H groups in total. The molecule has 0 bridgehead atoms. The maximum Gasteiger partial charge on any atom is 0.269 e. The first-order chi connectivity index (χ1) is 13.2. The van der Waals surface area contributed by atoms with Crippen molar-refractivity contribution < 1.29 is 4.92 Å². The van der Waals surface area contributed by atoms with Crippen LogP contribution in [0.1, 0.15) is 12.5 Å². The van der Waals surface area contributed by atoms with E-state index in [0.717, 1.165) is 12.1 Å². The molecule has 27 heavy (non-hydrogen) atoms. The van der Waals surface area contributed by atoms with Gasteiger partial charge in [0.05, 0.1) is 16.8 Å². The quantitative estimate of drug-likeness (QED) is 0.304. The van der Waals surface area contributed by atoms with Crippen LogP contribution in [-0.2, 0) is 6.54 Å². The van der Waals surface area contributed by atoms with Gasteiger partial charge in [0.15, 0.2) is 0 Å². The molecule has 0 unspecified atom stereocenters. The third-order valence-corrected chi connectivity index (χ3v) is 4.60. The number of hydrogen-bond donors (Lipinski definition) is 1. The lowest BCUT2D eigenvalue weighted by atomic mass is 10.1. The molecule has 0 spiro atoms. The van der Waals surface area contributed by atoms with Gasteiger partial charge in [0.1, 0.15) is 0 Å². The van der Waals surface area contributed by atoms with Crippen molar-refractivity contribution in [3.05, 3.63) is 82.4 Å². The highest BCUT2D eigenvalue weighted by Gasteiger charge is 2.09. The van der Waals surface area contributed by atoms with Crippen LogP contribution in [0.15, 0.2) is 71.8 Å². The molecule has 0 atom stereocenters. The van der Waals surface area contributed by atoms with E-state index < -0.39 is 4.92 Å². The zero-order valence-electron chi connectivity index (χ0n) is 14.8. The van der Waals surface area contributed by atoms with Crippen molar-refractivity contribution in [2.45, 2.75) is 13.5 Å². The number of para-hydroxylation sites is 1. The number of aromatic nitrogens is 1. The highest BCUT2D eigenvalue weighted by molar-refractivity contribution is 6.09. The summed E-state index contributed by atoms with van der Waals surface area (Å²) in [6.45, 7) is 3.06. The van der Waals surface area contributed by atoms with Gasteiger partial charge in [-0.2, -0.15) is 5.10 Å². The average molecular weight is 358 g/mol. The normalized spacial score (nSPS) is 11.4.